The zero-order valence-corrected chi connectivity index (χ0v) is 19.2. The Kier molecular flexibility index (Phi) is 13.3. The first-order valence-corrected chi connectivity index (χ1v) is 11.2. The number of carboxylic acids is 1. The minimum atomic E-state index is -4.13. The third-order valence-electron chi connectivity index (χ3n) is 4.78. The van der Waals surface area contributed by atoms with Crippen LogP contribution in [0.1, 0.15) is 51.5 Å². The molecule has 0 aromatic heterocycles. The molecule has 0 bridgehead atoms. The molecular formula is C23H34F3NO6. The molecule has 7 nitrogen and oxygen atoms in total. The van der Waals surface area contributed by atoms with Crippen molar-refractivity contribution in [1.29, 1.82) is 0 Å². The molecular weight excluding hydrogens is 443 g/mol. The van der Waals surface area contributed by atoms with Gasteiger partial charge in [0.1, 0.15) is 12.4 Å². The van der Waals surface area contributed by atoms with E-state index >= 15 is 0 Å². The van der Waals surface area contributed by atoms with E-state index in [1.807, 2.05) is 0 Å². The van der Waals surface area contributed by atoms with Gasteiger partial charge in [-0.2, -0.15) is 13.2 Å². The Labute approximate surface area is 192 Å². The topological polar surface area (TPSA) is 85.3 Å². The van der Waals surface area contributed by atoms with Crippen LogP contribution in [-0.4, -0.2) is 67.3 Å². The number of hydrogen-bond donors (Lipinski definition) is 1. The molecule has 33 heavy (non-hydrogen) atoms. The Morgan fingerprint density at radius 3 is 2.24 bits per heavy atom. The van der Waals surface area contributed by atoms with Gasteiger partial charge in [-0.25, -0.2) is 9.59 Å². The number of alkyl halides is 3. The number of hydrogen-bond acceptors (Lipinski definition) is 5. The van der Waals surface area contributed by atoms with E-state index in [0.717, 1.165) is 5.56 Å². The molecule has 1 aromatic carbocycles. The van der Waals surface area contributed by atoms with Crippen molar-refractivity contribution < 1.29 is 42.1 Å². The molecule has 0 aliphatic rings. The first kappa shape index (κ1) is 28.5. The van der Waals surface area contributed by atoms with Crippen molar-refractivity contribution in [2.24, 2.45) is 0 Å². The van der Waals surface area contributed by atoms with Crippen molar-refractivity contribution in [2.75, 3.05) is 32.9 Å². The molecule has 188 valence electrons. The van der Waals surface area contributed by atoms with Gasteiger partial charge in [-0.05, 0) is 44.4 Å². The molecule has 0 fully saturated rings. The number of aliphatic carboxylic acids is 1. The predicted octanol–water partition coefficient (Wildman–Crippen LogP) is 5.07. The molecule has 10 heteroatoms. The SMILES string of the molecule is CCOC(=O)N(CCCCCCC(F)(F)F)CCOc1ccc(CC(OCC)C(=O)O)cc1. The maximum absolute atomic E-state index is 12.2. The van der Waals surface area contributed by atoms with Gasteiger partial charge in [0.2, 0.25) is 0 Å². The van der Waals surface area contributed by atoms with Crippen molar-refractivity contribution in [3.05, 3.63) is 29.8 Å². The molecule has 0 spiro atoms. The molecule has 0 aliphatic heterocycles. The standard InChI is InChI=1S/C23H34F3NO6/c1-3-31-20(21(28)29)17-18-9-11-19(12-10-18)33-16-15-27(22(30)32-4-2)14-8-6-5-7-13-23(24,25)26/h9-12,20H,3-8,13-17H2,1-2H3,(H,28,29). The van der Waals surface area contributed by atoms with Gasteiger partial charge >= 0.3 is 18.2 Å². The van der Waals surface area contributed by atoms with E-state index in [9.17, 15) is 27.9 Å². The van der Waals surface area contributed by atoms with E-state index in [-0.39, 0.29) is 32.6 Å². The highest BCUT2D eigenvalue weighted by Gasteiger charge is 2.25. The molecule has 1 N–H and O–H groups in total. The average molecular weight is 478 g/mol. The van der Waals surface area contributed by atoms with Gasteiger partial charge in [-0.3, -0.25) is 0 Å². The van der Waals surface area contributed by atoms with Gasteiger partial charge in [-0.15, -0.1) is 0 Å². The van der Waals surface area contributed by atoms with Crippen LogP contribution in [0, 0.1) is 0 Å². The maximum atomic E-state index is 12.2. The lowest BCUT2D eigenvalue weighted by Gasteiger charge is -2.22. The largest absolute Gasteiger partial charge is 0.492 e. The normalized spacial score (nSPS) is 12.3. The summed E-state index contributed by atoms with van der Waals surface area (Å²) in [5, 5.41) is 9.17. The molecule has 1 unspecified atom stereocenters. The van der Waals surface area contributed by atoms with Crippen molar-refractivity contribution >= 4 is 12.1 Å². The molecule has 0 radical (unpaired) electrons. The quantitative estimate of drug-likeness (QED) is 0.335. The molecule has 1 rings (SSSR count). The van der Waals surface area contributed by atoms with E-state index in [2.05, 4.69) is 0 Å². The van der Waals surface area contributed by atoms with Crippen LogP contribution in [-0.2, 0) is 20.7 Å². The third-order valence-corrected chi connectivity index (χ3v) is 4.78. The number of carbonyl (C=O) groups is 2. The number of halogens is 3. The number of unbranched alkanes of at least 4 members (excludes halogenated alkanes) is 3. The number of carbonyl (C=O) groups excluding carboxylic acids is 1. The second-order valence-electron chi connectivity index (χ2n) is 7.44. The fraction of sp³-hybridized carbons (Fsp3) is 0.652. The molecule has 0 saturated heterocycles. The van der Waals surface area contributed by atoms with E-state index in [1.54, 1.807) is 38.1 Å². The van der Waals surface area contributed by atoms with Crippen LogP contribution in [0.2, 0.25) is 0 Å². The van der Waals surface area contributed by atoms with E-state index < -0.39 is 30.8 Å². The van der Waals surface area contributed by atoms with Crippen molar-refractivity contribution in [3.63, 3.8) is 0 Å². The first-order valence-electron chi connectivity index (χ1n) is 11.2. The highest BCUT2D eigenvalue weighted by atomic mass is 19.4. The van der Waals surface area contributed by atoms with Crippen molar-refractivity contribution in [3.8, 4) is 5.75 Å². The Hall–Kier alpha value is -2.49. The summed E-state index contributed by atoms with van der Waals surface area (Å²) >= 11 is 0. The minimum Gasteiger partial charge on any atom is -0.492 e. The summed E-state index contributed by atoms with van der Waals surface area (Å²) in [4.78, 5) is 24.8. The molecule has 0 aliphatic carbocycles. The lowest BCUT2D eigenvalue weighted by atomic mass is 10.1. The van der Waals surface area contributed by atoms with Gasteiger partial charge in [0.25, 0.3) is 0 Å². The Morgan fingerprint density at radius 2 is 1.67 bits per heavy atom. The summed E-state index contributed by atoms with van der Waals surface area (Å²) in [6, 6.07) is 6.95. The van der Waals surface area contributed by atoms with E-state index in [4.69, 9.17) is 14.2 Å². The summed E-state index contributed by atoms with van der Waals surface area (Å²) in [7, 11) is 0. The smallest absolute Gasteiger partial charge is 0.409 e. The lowest BCUT2D eigenvalue weighted by Crippen LogP contribution is -2.36. The fourth-order valence-electron chi connectivity index (χ4n) is 3.12. The number of rotatable bonds is 16. The van der Waals surface area contributed by atoms with Gasteiger partial charge in [0.15, 0.2) is 6.10 Å². The van der Waals surface area contributed by atoms with Crippen LogP contribution < -0.4 is 4.74 Å². The number of carboxylic acid groups (broad SMARTS) is 1. The van der Waals surface area contributed by atoms with Crippen molar-refractivity contribution in [1.82, 2.24) is 4.90 Å². The predicted molar refractivity (Wildman–Crippen MR) is 116 cm³/mol. The van der Waals surface area contributed by atoms with Gasteiger partial charge in [-0.1, -0.05) is 25.0 Å². The van der Waals surface area contributed by atoms with Gasteiger partial charge < -0.3 is 24.2 Å². The molecule has 1 amide bonds. The van der Waals surface area contributed by atoms with Crippen LogP contribution in [0.4, 0.5) is 18.0 Å². The minimum absolute atomic E-state index is 0.0831. The molecule has 1 atom stereocenters. The fourth-order valence-corrected chi connectivity index (χ4v) is 3.12. The van der Waals surface area contributed by atoms with Gasteiger partial charge in [0.05, 0.1) is 13.2 Å². The monoisotopic (exact) mass is 477 g/mol. The Bertz CT molecular complexity index is 696. The maximum Gasteiger partial charge on any atom is 0.409 e. The second kappa shape index (κ2) is 15.4. The van der Waals surface area contributed by atoms with E-state index in [0.29, 0.717) is 38.2 Å². The number of benzene rings is 1. The highest BCUT2D eigenvalue weighted by molar-refractivity contribution is 5.72. The summed E-state index contributed by atoms with van der Waals surface area (Å²) in [5.74, 6) is -0.449. The lowest BCUT2D eigenvalue weighted by molar-refractivity contribution is -0.150. The summed E-state index contributed by atoms with van der Waals surface area (Å²) < 4.78 is 52.5. The number of amides is 1. The van der Waals surface area contributed by atoms with E-state index in [1.165, 1.54) is 4.90 Å². The van der Waals surface area contributed by atoms with Gasteiger partial charge in [0, 0.05) is 26.0 Å². The van der Waals surface area contributed by atoms with Crippen LogP contribution in [0.3, 0.4) is 0 Å². The van der Waals surface area contributed by atoms with Crippen LogP contribution >= 0.6 is 0 Å². The first-order chi connectivity index (χ1) is 15.7. The Balaban J connectivity index is 2.45. The number of nitrogens with zero attached hydrogens (tertiary/aromatic N) is 1. The Morgan fingerprint density at radius 1 is 1.00 bits per heavy atom. The zero-order chi connectivity index (χ0) is 24.7. The number of ether oxygens (including phenoxy) is 3. The zero-order valence-electron chi connectivity index (χ0n) is 19.2. The summed E-state index contributed by atoms with van der Waals surface area (Å²) in [6.45, 7) is 4.83. The van der Waals surface area contributed by atoms with Crippen LogP contribution in [0.15, 0.2) is 24.3 Å². The molecule has 1 aromatic rings. The summed E-state index contributed by atoms with van der Waals surface area (Å²) in [6.07, 6.45) is -4.37. The molecule has 0 saturated carbocycles. The molecule has 0 heterocycles. The third kappa shape index (κ3) is 13.0. The van der Waals surface area contributed by atoms with Crippen molar-refractivity contribution in [2.45, 2.75) is 64.7 Å². The average Bonchev–Trinajstić information content (AvgIpc) is 2.75. The summed E-state index contributed by atoms with van der Waals surface area (Å²) in [5.41, 5.74) is 0.793. The van der Waals surface area contributed by atoms with Crippen LogP contribution in [0.5, 0.6) is 5.75 Å². The second-order valence-corrected chi connectivity index (χ2v) is 7.44. The highest BCUT2D eigenvalue weighted by Crippen LogP contribution is 2.23. The van der Waals surface area contributed by atoms with Crippen LogP contribution in [0.25, 0.3) is 0 Å².